The second-order valence-electron chi connectivity index (χ2n) is 5.20. The van der Waals surface area contributed by atoms with Crippen LogP contribution in [0, 0.1) is 0 Å². The number of carbonyl (C=O) groups is 2. The molecule has 9 heteroatoms. The van der Waals surface area contributed by atoms with Crippen LogP contribution in [0.1, 0.15) is 23.1 Å². The Morgan fingerprint density at radius 2 is 2.12 bits per heavy atom. The predicted octanol–water partition coefficient (Wildman–Crippen LogP) is 0.0900. The van der Waals surface area contributed by atoms with Crippen molar-refractivity contribution >= 4 is 11.8 Å². The Morgan fingerprint density at radius 1 is 1.33 bits per heavy atom. The molecule has 24 heavy (non-hydrogen) atoms. The number of hydrogen-bond donors (Lipinski definition) is 1. The Balaban J connectivity index is 1.95. The van der Waals surface area contributed by atoms with E-state index >= 15 is 0 Å². The zero-order chi connectivity index (χ0) is 17.5. The van der Waals surface area contributed by atoms with Crippen molar-refractivity contribution in [3.8, 4) is 5.75 Å². The molecule has 0 saturated carbocycles. The zero-order valence-corrected chi connectivity index (χ0v) is 13.9. The van der Waals surface area contributed by atoms with Crippen LogP contribution in [0.5, 0.6) is 5.75 Å². The number of tetrazole rings is 1. The van der Waals surface area contributed by atoms with Crippen molar-refractivity contribution in [1.82, 2.24) is 30.4 Å². The van der Waals surface area contributed by atoms with E-state index in [1.165, 1.54) is 4.90 Å². The van der Waals surface area contributed by atoms with Crippen molar-refractivity contribution in [2.75, 3.05) is 20.6 Å². The van der Waals surface area contributed by atoms with Crippen LogP contribution in [0.15, 0.2) is 24.3 Å². The number of nitrogens with zero attached hydrogens (tertiary/aromatic N) is 5. The normalized spacial score (nSPS) is 10.3. The molecule has 0 atom stereocenters. The van der Waals surface area contributed by atoms with Gasteiger partial charge in [-0.15, -0.1) is 5.10 Å². The number of nitrogens with one attached hydrogen (secondary N) is 1. The minimum atomic E-state index is -0.339. The summed E-state index contributed by atoms with van der Waals surface area (Å²) in [7, 11) is 3.26. The fraction of sp³-hybridized carbons (Fsp3) is 0.400. The van der Waals surface area contributed by atoms with Gasteiger partial charge in [-0.3, -0.25) is 9.59 Å². The first-order valence-corrected chi connectivity index (χ1v) is 7.47. The molecule has 0 fully saturated rings. The molecule has 0 radical (unpaired) electrons. The van der Waals surface area contributed by atoms with Crippen molar-refractivity contribution in [3.05, 3.63) is 35.7 Å². The van der Waals surface area contributed by atoms with Gasteiger partial charge >= 0.3 is 0 Å². The highest BCUT2D eigenvalue weighted by molar-refractivity contribution is 5.96. The first-order chi connectivity index (χ1) is 11.5. The maximum atomic E-state index is 12.1. The predicted molar refractivity (Wildman–Crippen MR) is 85.3 cm³/mol. The van der Waals surface area contributed by atoms with Gasteiger partial charge < -0.3 is 15.0 Å². The number of amides is 2. The van der Waals surface area contributed by atoms with E-state index in [2.05, 4.69) is 20.8 Å². The summed E-state index contributed by atoms with van der Waals surface area (Å²) in [5.41, 5.74) is 0.411. The van der Waals surface area contributed by atoms with Crippen LogP contribution in [0.4, 0.5) is 0 Å². The third kappa shape index (κ3) is 4.51. The van der Waals surface area contributed by atoms with Gasteiger partial charge in [0.05, 0.1) is 6.54 Å². The van der Waals surface area contributed by atoms with Crippen LogP contribution in [0.25, 0.3) is 0 Å². The molecule has 0 spiro atoms. The molecule has 0 aliphatic heterocycles. The third-order valence-electron chi connectivity index (χ3n) is 3.27. The average molecular weight is 332 g/mol. The molecule has 128 valence electrons. The number of benzene rings is 1. The lowest BCUT2D eigenvalue weighted by atomic mass is 10.2. The first kappa shape index (κ1) is 17.4. The van der Waals surface area contributed by atoms with E-state index in [9.17, 15) is 9.59 Å². The number of hydrogen-bond acceptors (Lipinski definition) is 6. The lowest BCUT2D eigenvalue weighted by Gasteiger charge is -2.11. The maximum absolute atomic E-state index is 12.1. The standard InChI is InChI=1S/C15H20N6O3/c1-4-21-13(17-18-19-21)10-24-12-7-5-6-11(8-12)15(23)16-9-14(22)20(2)3/h5-8H,4,9-10H2,1-3H3,(H,16,23). The number of aryl methyl sites for hydroxylation is 1. The van der Waals surface area contributed by atoms with E-state index in [1.807, 2.05) is 6.92 Å². The number of likely N-dealkylation sites (N-methyl/N-ethyl adjacent to an activating group) is 1. The fourth-order valence-corrected chi connectivity index (χ4v) is 1.86. The van der Waals surface area contributed by atoms with E-state index < -0.39 is 0 Å². The van der Waals surface area contributed by atoms with Crippen LogP contribution >= 0.6 is 0 Å². The van der Waals surface area contributed by atoms with Gasteiger partial charge in [-0.1, -0.05) is 6.07 Å². The Hall–Kier alpha value is -2.97. The van der Waals surface area contributed by atoms with E-state index in [0.717, 1.165) is 0 Å². The molecule has 1 aromatic carbocycles. The summed E-state index contributed by atoms with van der Waals surface area (Å²) in [6.45, 7) is 2.72. The highest BCUT2D eigenvalue weighted by Gasteiger charge is 2.11. The van der Waals surface area contributed by atoms with Gasteiger partial charge in [0.1, 0.15) is 12.4 Å². The number of ether oxygens (including phenoxy) is 1. The van der Waals surface area contributed by atoms with Crippen LogP contribution in [0.3, 0.4) is 0 Å². The summed E-state index contributed by atoms with van der Waals surface area (Å²) >= 11 is 0. The zero-order valence-electron chi connectivity index (χ0n) is 13.9. The lowest BCUT2D eigenvalue weighted by Crippen LogP contribution is -2.36. The molecule has 0 aliphatic carbocycles. The molecule has 0 bridgehead atoms. The van der Waals surface area contributed by atoms with Crippen LogP contribution in [-0.2, 0) is 17.9 Å². The van der Waals surface area contributed by atoms with Gasteiger partial charge in [0.25, 0.3) is 5.91 Å². The highest BCUT2D eigenvalue weighted by Crippen LogP contribution is 2.14. The second-order valence-corrected chi connectivity index (χ2v) is 5.20. The molecule has 2 aromatic rings. The monoisotopic (exact) mass is 332 g/mol. The van der Waals surface area contributed by atoms with Crippen molar-refractivity contribution < 1.29 is 14.3 Å². The summed E-state index contributed by atoms with van der Waals surface area (Å²) < 4.78 is 7.26. The molecule has 1 N–H and O–H groups in total. The van der Waals surface area contributed by atoms with Crippen molar-refractivity contribution in [1.29, 1.82) is 0 Å². The topological polar surface area (TPSA) is 102 Å². The molecule has 1 heterocycles. The maximum Gasteiger partial charge on any atom is 0.251 e. The number of carbonyl (C=O) groups excluding carboxylic acids is 2. The summed E-state index contributed by atoms with van der Waals surface area (Å²) in [4.78, 5) is 25.0. The number of aromatic nitrogens is 4. The molecule has 0 aliphatic rings. The Bertz CT molecular complexity index is 713. The van der Waals surface area contributed by atoms with Crippen molar-refractivity contribution in [3.63, 3.8) is 0 Å². The Labute approximate surface area is 139 Å². The van der Waals surface area contributed by atoms with Crippen LogP contribution in [0.2, 0.25) is 0 Å². The number of rotatable bonds is 7. The van der Waals surface area contributed by atoms with Gasteiger partial charge in [0.2, 0.25) is 5.91 Å². The van der Waals surface area contributed by atoms with Crippen LogP contribution < -0.4 is 10.1 Å². The van der Waals surface area contributed by atoms with Crippen molar-refractivity contribution in [2.24, 2.45) is 0 Å². The molecule has 0 saturated heterocycles. The SMILES string of the molecule is CCn1nnnc1COc1cccc(C(=O)NCC(=O)N(C)C)c1. The Kier molecular flexibility index (Phi) is 5.83. The van der Waals surface area contributed by atoms with E-state index in [1.54, 1.807) is 43.0 Å². The van der Waals surface area contributed by atoms with Gasteiger partial charge in [-0.05, 0) is 35.5 Å². The third-order valence-corrected chi connectivity index (χ3v) is 3.27. The van der Waals surface area contributed by atoms with Gasteiger partial charge in [0.15, 0.2) is 5.82 Å². The smallest absolute Gasteiger partial charge is 0.251 e. The van der Waals surface area contributed by atoms with Gasteiger partial charge in [-0.2, -0.15) is 0 Å². The molecule has 0 unspecified atom stereocenters. The summed E-state index contributed by atoms with van der Waals surface area (Å²) in [5.74, 6) is 0.604. The lowest BCUT2D eigenvalue weighted by molar-refractivity contribution is -0.127. The second kappa shape index (κ2) is 8.04. The van der Waals surface area contributed by atoms with E-state index in [0.29, 0.717) is 23.7 Å². The summed E-state index contributed by atoms with van der Waals surface area (Å²) in [5, 5.41) is 13.9. The summed E-state index contributed by atoms with van der Waals surface area (Å²) in [6, 6.07) is 6.70. The molecular weight excluding hydrogens is 312 g/mol. The van der Waals surface area contributed by atoms with Crippen LogP contribution in [-0.4, -0.2) is 57.6 Å². The van der Waals surface area contributed by atoms with E-state index in [-0.39, 0.29) is 25.0 Å². The quantitative estimate of drug-likeness (QED) is 0.771. The molecular formula is C15H20N6O3. The fourth-order valence-electron chi connectivity index (χ4n) is 1.86. The molecule has 2 amide bonds. The van der Waals surface area contributed by atoms with Gasteiger partial charge in [0, 0.05) is 26.2 Å². The summed E-state index contributed by atoms with van der Waals surface area (Å²) in [6.07, 6.45) is 0. The first-order valence-electron chi connectivity index (χ1n) is 7.47. The largest absolute Gasteiger partial charge is 0.486 e. The minimum absolute atomic E-state index is 0.0534. The average Bonchev–Trinajstić information content (AvgIpc) is 3.05. The highest BCUT2D eigenvalue weighted by atomic mass is 16.5. The molecule has 9 nitrogen and oxygen atoms in total. The molecule has 2 rings (SSSR count). The molecule has 1 aromatic heterocycles. The minimum Gasteiger partial charge on any atom is -0.486 e. The van der Waals surface area contributed by atoms with Crippen molar-refractivity contribution in [2.45, 2.75) is 20.1 Å². The van der Waals surface area contributed by atoms with E-state index in [4.69, 9.17) is 4.74 Å². The van der Waals surface area contributed by atoms with Gasteiger partial charge in [-0.25, -0.2) is 4.68 Å². The Morgan fingerprint density at radius 3 is 2.83 bits per heavy atom.